The Labute approximate surface area is 175 Å². The van der Waals surface area contributed by atoms with Crippen molar-refractivity contribution in [2.75, 3.05) is 53.5 Å². The molecule has 0 spiro atoms. The second kappa shape index (κ2) is 10.4. The van der Waals surface area contributed by atoms with Gasteiger partial charge in [-0.2, -0.15) is 0 Å². The van der Waals surface area contributed by atoms with Crippen LogP contribution in [0, 0.1) is 11.3 Å². The van der Waals surface area contributed by atoms with Gasteiger partial charge in [0.05, 0.1) is 0 Å². The Morgan fingerprint density at radius 3 is 2.38 bits per heavy atom. The van der Waals surface area contributed by atoms with Crippen LogP contribution in [-0.4, -0.2) is 80.9 Å². The number of ether oxygens (including phenoxy) is 2. The molecule has 166 valence electrons. The van der Waals surface area contributed by atoms with E-state index in [4.69, 9.17) is 9.47 Å². The Balaban J connectivity index is 1.92. The first kappa shape index (κ1) is 23.7. The highest BCUT2D eigenvalue weighted by molar-refractivity contribution is 5.87. The van der Waals surface area contributed by atoms with E-state index in [2.05, 4.69) is 5.32 Å². The van der Waals surface area contributed by atoms with Crippen LogP contribution in [0.2, 0.25) is 0 Å². The van der Waals surface area contributed by atoms with Gasteiger partial charge in [-0.1, -0.05) is 6.08 Å². The number of nitrogens with one attached hydrogen (secondary N) is 1. The van der Waals surface area contributed by atoms with Crippen LogP contribution in [0.15, 0.2) is 12.2 Å². The van der Waals surface area contributed by atoms with E-state index in [0.29, 0.717) is 25.6 Å². The monoisotopic (exact) mass is 409 g/mol. The zero-order valence-electron chi connectivity index (χ0n) is 18.8. The number of hydrogen-bond donors (Lipinski definition) is 1. The van der Waals surface area contributed by atoms with Crippen LogP contribution < -0.4 is 5.32 Å². The third-order valence-corrected chi connectivity index (χ3v) is 5.86. The van der Waals surface area contributed by atoms with Crippen LogP contribution in [-0.2, 0) is 14.3 Å². The van der Waals surface area contributed by atoms with Gasteiger partial charge < -0.3 is 24.6 Å². The van der Waals surface area contributed by atoms with Crippen molar-refractivity contribution in [2.45, 2.75) is 52.1 Å². The first-order valence-electron chi connectivity index (χ1n) is 10.8. The van der Waals surface area contributed by atoms with Gasteiger partial charge in [0.25, 0.3) is 0 Å². The van der Waals surface area contributed by atoms with Crippen LogP contribution in [0.5, 0.6) is 0 Å². The van der Waals surface area contributed by atoms with E-state index in [1.807, 2.05) is 50.7 Å². The minimum Gasteiger partial charge on any atom is -0.444 e. The Morgan fingerprint density at radius 1 is 1.21 bits per heavy atom. The highest BCUT2D eigenvalue weighted by Gasteiger charge is 2.42. The van der Waals surface area contributed by atoms with Crippen molar-refractivity contribution in [1.82, 2.24) is 15.1 Å². The molecule has 1 N–H and O–H groups in total. The van der Waals surface area contributed by atoms with E-state index in [9.17, 15) is 9.59 Å². The lowest BCUT2D eigenvalue weighted by atomic mass is 9.66. The van der Waals surface area contributed by atoms with Gasteiger partial charge in [0.15, 0.2) is 0 Å². The molecule has 2 heterocycles. The average molecular weight is 410 g/mol. The fourth-order valence-corrected chi connectivity index (χ4v) is 4.20. The van der Waals surface area contributed by atoms with E-state index >= 15 is 0 Å². The third-order valence-electron chi connectivity index (χ3n) is 5.86. The molecule has 2 amide bonds. The predicted octanol–water partition coefficient (Wildman–Crippen LogP) is 2.66. The molecule has 0 saturated carbocycles. The highest BCUT2D eigenvalue weighted by Crippen LogP contribution is 2.43. The van der Waals surface area contributed by atoms with Crippen molar-refractivity contribution in [3.63, 3.8) is 0 Å². The molecule has 0 aromatic rings. The Bertz CT molecular complexity index is 569. The predicted molar refractivity (Wildman–Crippen MR) is 114 cm³/mol. The molecular formula is C22H39N3O4. The summed E-state index contributed by atoms with van der Waals surface area (Å²) >= 11 is 0. The molecule has 0 aliphatic carbocycles. The lowest BCUT2D eigenvalue weighted by Crippen LogP contribution is -2.50. The number of piperidine rings is 1. The van der Waals surface area contributed by atoms with E-state index < -0.39 is 5.60 Å². The molecule has 2 aliphatic rings. The molecule has 29 heavy (non-hydrogen) atoms. The van der Waals surface area contributed by atoms with Gasteiger partial charge in [0.2, 0.25) is 5.91 Å². The standard InChI is InChI=1S/C22H39N3O4/c1-21(2,3)29-20(27)25-13-8-18(9-14-25)22(10-15-28-16-11-22)17-23-19(26)7-6-12-24(4)5/h6-7,18H,8-17H2,1-5H3,(H,23,26)/b7-6+. The second-order valence-corrected chi connectivity index (χ2v) is 9.60. The van der Waals surface area contributed by atoms with Crippen LogP contribution >= 0.6 is 0 Å². The lowest BCUT2D eigenvalue weighted by Gasteiger charge is -2.47. The summed E-state index contributed by atoms with van der Waals surface area (Å²) < 4.78 is 11.1. The molecule has 0 bridgehead atoms. The van der Waals surface area contributed by atoms with Gasteiger partial charge in [-0.25, -0.2) is 4.79 Å². The maximum absolute atomic E-state index is 12.4. The van der Waals surface area contributed by atoms with E-state index in [-0.39, 0.29) is 17.4 Å². The summed E-state index contributed by atoms with van der Waals surface area (Å²) in [6.45, 7) is 9.97. The fraction of sp³-hybridized carbons (Fsp3) is 0.818. The number of amides is 2. The number of rotatable bonds is 6. The van der Waals surface area contributed by atoms with Crippen molar-refractivity contribution >= 4 is 12.0 Å². The highest BCUT2D eigenvalue weighted by atomic mass is 16.6. The first-order valence-corrected chi connectivity index (χ1v) is 10.8. The Morgan fingerprint density at radius 2 is 1.83 bits per heavy atom. The van der Waals surface area contributed by atoms with Crippen LogP contribution in [0.3, 0.4) is 0 Å². The SMILES string of the molecule is CN(C)C/C=C/C(=O)NCC1(C2CCN(C(=O)OC(C)(C)C)CC2)CCOCC1. The molecule has 7 heteroatoms. The van der Waals surface area contributed by atoms with Crippen molar-refractivity contribution in [1.29, 1.82) is 0 Å². The normalized spacial score (nSPS) is 20.8. The zero-order chi connectivity index (χ0) is 21.5. The van der Waals surface area contributed by atoms with Gasteiger partial charge in [0.1, 0.15) is 5.60 Å². The van der Waals surface area contributed by atoms with Crippen LogP contribution in [0.4, 0.5) is 4.79 Å². The van der Waals surface area contributed by atoms with Gasteiger partial charge in [-0.15, -0.1) is 0 Å². The van der Waals surface area contributed by atoms with Gasteiger partial charge in [-0.05, 0) is 71.9 Å². The molecule has 2 aliphatic heterocycles. The average Bonchev–Trinajstić information content (AvgIpc) is 2.66. The molecule has 2 fully saturated rings. The summed E-state index contributed by atoms with van der Waals surface area (Å²) in [5, 5.41) is 3.12. The molecule has 0 atom stereocenters. The molecule has 0 aromatic carbocycles. The smallest absolute Gasteiger partial charge is 0.410 e. The summed E-state index contributed by atoms with van der Waals surface area (Å²) in [5.74, 6) is 0.431. The maximum Gasteiger partial charge on any atom is 0.410 e. The summed E-state index contributed by atoms with van der Waals surface area (Å²) in [6.07, 6.45) is 7.05. The molecular weight excluding hydrogens is 370 g/mol. The maximum atomic E-state index is 12.4. The van der Waals surface area contributed by atoms with E-state index in [0.717, 1.165) is 45.4 Å². The van der Waals surface area contributed by atoms with Gasteiger partial charge in [-0.3, -0.25) is 4.79 Å². The van der Waals surface area contributed by atoms with Crippen molar-refractivity contribution < 1.29 is 19.1 Å². The molecule has 0 unspecified atom stereocenters. The minimum absolute atomic E-state index is 0.0380. The largest absolute Gasteiger partial charge is 0.444 e. The summed E-state index contributed by atoms with van der Waals surface area (Å²) in [4.78, 5) is 28.4. The molecule has 2 saturated heterocycles. The third kappa shape index (κ3) is 7.63. The number of nitrogens with zero attached hydrogens (tertiary/aromatic N) is 2. The lowest BCUT2D eigenvalue weighted by molar-refractivity contribution is -0.118. The summed E-state index contributed by atoms with van der Waals surface area (Å²) in [6, 6.07) is 0. The molecule has 0 aromatic heterocycles. The number of carbonyl (C=O) groups excluding carboxylic acids is 2. The van der Waals surface area contributed by atoms with Crippen LogP contribution in [0.1, 0.15) is 46.5 Å². The quantitative estimate of drug-likeness (QED) is 0.683. The number of hydrogen-bond acceptors (Lipinski definition) is 5. The Kier molecular flexibility index (Phi) is 8.52. The number of likely N-dealkylation sites (N-methyl/N-ethyl adjacent to an activating group) is 1. The molecule has 7 nitrogen and oxygen atoms in total. The topological polar surface area (TPSA) is 71.1 Å². The van der Waals surface area contributed by atoms with Crippen molar-refractivity contribution in [3.05, 3.63) is 12.2 Å². The molecule has 0 radical (unpaired) electrons. The van der Waals surface area contributed by atoms with Crippen molar-refractivity contribution in [3.8, 4) is 0 Å². The van der Waals surface area contributed by atoms with Crippen LogP contribution in [0.25, 0.3) is 0 Å². The van der Waals surface area contributed by atoms with Gasteiger partial charge in [0, 0.05) is 45.5 Å². The summed E-state index contributed by atoms with van der Waals surface area (Å²) in [5.41, 5.74) is -0.427. The second-order valence-electron chi connectivity index (χ2n) is 9.60. The number of carbonyl (C=O) groups is 2. The van der Waals surface area contributed by atoms with Crippen molar-refractivity contribution in [2.24, 2.45) is 11.3 Å². The number of likely N-dealkylation sites (tertiary alicyclic amines) is 1. The molecule has 2 rings (SSSR count). The van der Waals surface area contributed by atoms with E-state index in [1.165, 1.54) is 0 Å². The van der Waals surface area contributed by atoms with E-state index in [1.54, 1.807) is 6.08 Å². The fourth-order valence-electron chi connectivity index (χ4n) is 4.20. The Hall–Kier alpha value is -1.60. The summed E-state index contributed by atoms with van der Waals surface area (Å²) in [7, 11) is 3.95. The first-order chi connectivity index (χ1) is 13.6. The minimum atomic E-state index is -0.472. The van der Waals surface area contributed by atoms with Gasteiger partial charge >= 0.3 is 6.09 Å². The zero-order valence-corrected chi connectivity index (χ0v) is 18.8.